The van der Waals surface area contributed by atoms with E-state index in [-0.39, 0.29) is 13.2 Å². The minimum atomic E-state index is -1.11. The number of hydrogen-bond acceptors (Lipinski definition) is 5. The maximum atomic E-state index is 12.1. The Bertz CT molecular complexity index is 441. The number of amides is 1. The summed E-state index contributed by atoms with van der Waals surface area (Å²) >= 11 is 0. The van der Waals surface area contributed by atoms with Crippen LogP contribution in [-0.4, -0.2) is 52.8 Å². The van der Waals surface area contributed by atoms with Crippen LogP contribution in [-0.2, 0) is 19.1 Å². The van der Waals surface area contributed by atoms with Crippen molar-refractivity contribution in [2.24, 2.45) is 11.8 Å². The second-order valence-electron chi connectivity index (χ2n) is 6.14. The number of hydrogen-bond donors (Lipinski definition) is 1. The molecule has 3 atom stereocenters. The lowest BCUT2D eigenvalue weighted by Crippen LogP contribution is -2.45. The maximum Gasteiger partial charge on any atom is 0.411 e. The minimum Gasteiger partial charge on any atom is -0.480 e. The summed E-state index contributed by atoms with van der Waals surface area (Å²) in [6.45, 7) is 5.36. The molecule has 112 valence electrons. The number of carbonyl (C=O) groups excluding carboxylic acids is 2. The molecular weight excluding hydrogens is 266 g/mol. The van der Waals surface area contributed by atoms with Crippen LogP contribution >= 0.6 is 0 Å². The molecule has 2 aliphatic heterocycles. The summed E-state index contributed by atoms with van der Waals surface area (Å²) in [5.41, 5.74) is -0.714. The lowest BCUT2D eigenvalue weighted by Gasteiger charge is -2.28. The first-order valence-electron chi connectivity index (χ1n) is 6.60. The summed E-state index contributed by atoms with van der Waals surface area (Å²) in [7, 11) is 0. The van der Waals surface area contributed by atoms with Crippen molar-refractivity contribution in [1.82, 2.24) is 4.90 Å². The van der Waals surface area contributed by atoms with Crippen molar-refractivity contribution in [2.45, 2.75) is 38.8 Å². The normalized spacial score (nSPS) is 29.6. The summed E-state index contributed by atoms with van der Waals surface area (Å²) < 4.78 is 10.2. The number of esters is 1. The summed E-state index contributed by atoms with van der Waals surface area (Å²) in [5, 5.41) is 9.35. The van der Waals surface area contributed by atoms with Crippen molar-refractivity contribution in [3.05, 3.63) is 0 Å². The Morgan fingerprint density at radius 2 is 2.05 bits per heavy atom. The van der Waals surface area contributed by atoms with E-state index < -0.39 is 41.5 Å². The van der Waals surface area contributed by atoms with Crippen LogP contribution in [0.2, 0.25) is 0 Å². The fourth-order valence-electron chi connectivity index (χ4n) is 2.75. The van der Waals surface area contributed by atoms with Crippen LogP contribution in [0.5, 0.6) is 0 Å². The number of aliphatic carboxylic acids is 1. The number of fused-ring (bicyclic) bond motifs is 1. The molecule has 2 rings (SSSR count). The fourth-order valence-corrected chi connectivity index (χ4v) is 2.75. The molecular formula is C13H19NO6. The number of nitrogens with zero attached hydrogens (tertiary/aromatic N) is 1. The molecule has 20 heavy (non-hydrogen) atoms. The van der Waals surface area contributed by atoms with Gasteiger partial charge in [-0.3, -0.25) is 9.69 Å². The average Bonchev–Trinajstić information content (AvgIpc) is 2.67. The van der Waals surface area contributed by atoms with E-state index in [1.807, 2.05) is 0 Å². The standard InChI is InChI=1S/C13H19NO6/c1-13(2,3)20-12(18)14-6-8-7(9(14)10(15)16)4-5-19-11(8)17/h7-9H,4-6H2,1-3H3,(H,15,16)/t7-,8-,9-/m0/s1. The Morgan fingerprint density at radius 1 is 1.40 bits per heavy atom. The number of carbonyl (C=O) groups is 3. The van der Waals surface area contributed by atoms with Gasteiger partial charge in [0, 0.05) is 12.5 Å². The number of carboxylic acid groups (broad SMARTS) is 1. The summed E-state index contributed by atoms with van der Waals surface area (Å²) in [6, 6.07) is -1.03. The van der Waals surface area contributed by atoms with Crippen LogP contribution in [0.25, 0.3) is 0 Å². The fraction of sp³-hybridized carbons (Fsp3) is 0.769. The number of carboxylic acids is 1. The second-order valence-corrected chi connectivity index (χ2v) is 6.14. The molecule has 1 N–H and O–H groups in total. The molecule has 1 amide bonds. The molecule has 7 heteroatoms. The van der Waals surface area contributed by atoms with Crippen LogP contribution in [0, 0.1) is 11.8 Å². The van der Waals surface area contributed by atoms with Crippen molar-refractivity contribution in [2.75, 3.05) is 13.2 Å². The van der Waals surface area contributed by atoms with Gasteiger partial charge in [0.2, 0.25) is 0 Å². The predicted molar refractivity (Wildman–Crippen MR) is 66.9 cm³/mol. The third kappa shape index (κ3) is 2.71. The highest BCUT2D eigenvalue weighted by molar-refractivity contribution is 5.85. The number of likely N-dealkylation sites (tertiary alicyclic amines) is 1. The molecule has 0 bridgehead atoms. The van der Waals surface area contributed by atoms with Crippen LogP contribution in [0.15, 0.2) is 0 Å². The van der Waals surface area contributed by atoms with Gasteiger partial charge in [-0.2, -0.15) is 0 Å². The number of cyclic esters (lactones) is 1. The Kier molecular flexibility index (Phi) is 3.62. The lowest BCUT2D eigenvalue weighted by molar-refractivity contribution is -0.155. The molecule has 2 aliphatic rings. The molecule has 7 nitrogen and oxygen atoms in total. The van der Waals surface area contributed by atoms with E-state index in [1.165, 1.54) is 0 Å². The number of rotatable bonds is 1. The first-order chi connectivity index (χ1) is 9.20. The van der Waals surface area contributed by atoms with Crippen LogP contribution in [0.1, 0.15) is 27.2 Å². The van der Waals surface area contributed by atoms with E-state index in [1.54, 1.807) is 20.8 Å². The van der Waals surface area contributed by atoms with E-state index in [2.05, 4.69) is 0 Å². The zero-order valence-electron chi connectivity index (χ0n) is 11.8. The van der Waals surface area contributed by atoms with E-state index in [0.29, 0.717) is 6.42 Å². The topological polar surface area (TPSA) is 93.1 Å². The Hall–Kier alpha value is -1.79. The van der Waals surface area contributed by atoms with Gasteiger partial charge < -0.3 is 14.6 Å². The average molecular weight is 285 g/mol. The first kappa shape index (κ1) is 14.6. The molecule has 0 saturated carbocycles. The molecule has 0 radical (unpaired) electrons. The zero-order valence-corrected chi connectivity index (χ0v) is 11.8. The van der Waals surface area contributed by atoms with Gasteiger partial charge in [-0.15, -0.1) is 0 Å². The van der Waals surface area contributed by atoms with E-state index >= 15 is 0 Å². The van der Waals surface area contributed by atoms with Crippen molar-refractivity contribution >= 4 is 18.0 Å². The quantitative estimate of drug-likeness (QED) is 0.718. The van der Waals surface area contributed by atoms with E-state index in [4.69, 9.17) is 9.47 Å². The van der Waals surface area contributed by atoms with Crippen molar-refractivity contribution in [3.8, 4) is 0 Å². The van der Waals surface area contributed by atoms with Gasteiger partial charge in [-0.25, -0.2) is 9.59 Å². The molecule has 0 aliphatic carbocycles. The molecule has 2 fully saturated rings. The number of ether oxygens (including phenoxy) is 2. The Labute approximate surface area is 116 Å². The van der Waals surface area contributed by atoms with Crippen molar-refractivity contribution in [1.29, 1.82) is 0 Å². The summed E-state index contributed by atoms with van der Waals surface area (Å²) in [4.78, 5) is 36.4. The summed E-state index contributed by atoms with van der Waals surface area (Å²) in [5.74, 6) is -2.52. The van der Waals surface area contributed by atoms with Gasteiger partial charge in [0.05, 0.1) is 12.5 Å². The van der Waals surface area contributed by atoms with E-state index in [0.717, 1.165) is 4.90 Å². The van der Waals surface area contributed by atoms with Gasteiger partial charge in [-0.1, -0.05) is 0 Å². The zero-order chi connectivity index (χ0) is 15.1. The largest absolute Gasteiger partial charge is 0.480 e. The van der Waals surface area contributed by atoms with Gasteiger partial charge in [-0.05, 0) is 27.2 Å². The van der Waals surface area contributed by atoms with Crippen molar-refractivity contribution in [3.63, 3.8) is 0 Å². The Morgan fingerprint density at radius 3 is 2.60 bits per heavy atom. The van der Waals surface area contributed by atoms with Crippen LogP contribution in [0.4, 0.5) is 4.79 Å². The first-order valence-corrected chi connectivity index (χ1v) is 6.60. The van der Waals surface area contributed by atoms with Crippen LogP contribution < -0.4 is 0 Å². The third-order valence-corrected chi connectivity index (χ3v) is 3.53. The highest BCUT2D eigenvalue weighted by atomic mass is 16.6. The predicted octanol–water partition coefficient (Wildman–Crippen LogP) is 0.870. The second kappa shape index (κ2) is 4.96. The molecule has 0 aromatic carbocycles. The molecule has 2 heterocycles. The highest BCUT2D eigenvalue weighted by Crippen LogP contribution is 2.37. The molecule has 0 aromatic heterocycles. The van der Waals surface area contributed by atoms with Gasteiger partial charge >= 0.3 is 18.0 Å². The van der Waals surface area contributed by atoms with Gasteiger partial charge in [0.15, 0.2) is 0 Å². The molecule has 0 unspecified atom stereocenters. The third-order valence-electron chi connectivity index (χ3n) is 3.53. The molecule has 0 spiro atoms. The van der Waals surface area contributed by atoms with Gasteiger partial charge in [0.25, 0.3) is 0 Å². The highest BCUT2D eigenvalue weighted by Gasteiger charge is 2.53. The Balaban J connectivity index is 2.21. The smallest absolute Gasteiger partial charge is 0.411 e. The molecule has 2 saturated heterocycles. The maximum absolute atomic E-state index is 12.1. The molecule has 0 aromatic rings. The SMILES string of the molecule is CC(C)(C)OC(=O)N1C[C@@H]2C(=O)OCC[C@@H]2[C@H]1C(=O)O. The van der Waals surface area contributed by atoms with E-state index in [9.17, 15) is 19.5 Å². The lowest BCUT2D eigenvalue weighted by atomic mass is 9.86. The van der Waals surface area contributed by atoms with Crippen LogP contribution in [0.3, 0.4) is 0 Å². The monoisotopic (exact) mass is 285 g/mol. The minimum absolute atomic E-state index is 0.0371. The van der Waals surface area contributed by atoms with Gasteiger partial charge in [0.1, 0.15) is 11.6 Å². The summed E-state index contributed by atoms with van der Waals surface area (Å²) in [6.07, 6.45) is -0.251. The van der Waals surface area contributed by atoms with Crippen molar-refractivity contribution < 1.29 is 29.0 Å².